The normalized spacial score (nSPS) is 31.4. The summed E-state index contributed by atoms with van der Waals surface area (Å²) in [6.45, 7) is 4.55. The molecular weight excluding hydrogens is 402 g/mol. The van der Waals surface area contributed by atoms with Gasteiger partial charge in [-0.2, -0.15) is 0 Å². The van der Waals surface area contributed by atoms with Crippen molar-refractivity contribution in [3.05, 3.63) is 24.3 Å². The van der Waals surface area contributed by atoms with Crippen molar-refractivity contribution in [2.75, 3.05) is 50.0 Å². The summed E-state index contributed by atoms with van der Waals surface area (Å²) in [5.41, 5.74) is 2.00. The molecule has 0 spiro atoms. The molecule has 4 aliphatic carbocycles. The van der Waals surface area contributed by atoms with Gasteiger partial charge in [-0.25, -0.2) is 4.79 Å². The molecule has 3 N–H and O–H groups in total. The number of amides is 3. The van der Waals surface area contributed by atoms with Crippen LogP contribution in [-0.2, 0) is 4.79 Å². The lowest BCUT2D eigenvalue weighted by Crippen LogP contribution is -2.61. The van der Waals surface area contributed by atoms with E-state index in [9.17, 15) is 9.59 Å². The highest BCUT2D eigenvalue weighted by Gasteiger charge is 2.51. The van der Waals surface area contributed by atoms with Gasteiger partial charge in [-0.3, -0.25) is 4.79 Å². The first kappa shape index (κ1) is 21.6. The Morgan fingerprint density at radius 3 is 2.12 bits per heavy atom. The third kappa shape index (κ3) is 4.87. The average Bonchev–Trinajstić information content (AvgIpc) is 2.73. The lowest BCUT2D eigenvalue weighted by molar-refractivity contribution is -0.116. The third-order valence-electron chi connectivity index (χ3n) is 8.07. The Morgan fingerprint density at radius 2 is 1.53 bits per heavy atom. The van der Waals surface area contributed by atoms with Crippen LogP contribution >= 0.6 is 0 Å². The van der Waals surface area contributed by atoms with Crippen LogP contribution in [0.1, 0.15) is 44.9 Å². The second kappa shape index (κ2) is 8.93. The van der Waals surface area contributed by atoms with E-state index >= 15 is 0 Å². The number of urea groups is 1. The second-order valence-electron chi connectivity index (χ2n) is 10.7. The zero-order valence-electron chi connectivity index (χ0n) is 19.2. The summed E-state index contributed by atoms with van der Waals surface area (Å²) in [7, 11) is 2.15. The van der Waals surface area contributed by atoms with E-state index in [0.29, 0.717) is 6.54 Å². The van der Waals surface area contributed by atoms with Crippen LogP contribution in [0.2, 0.25) is 0 Å². The molecule has 32 heavy (non-hydrogen) atoms. The zero-order valence-corrected chi connectivity index (χ0v) is 19.2. The molecule has 5 fully saturated rings. The molecule has 0 radical (unpaired) electrons. The Hall–Kier alpha value is -2.28. The molecule has 0 unspecified atom stereocenters. The van der Waals surface area contributed by atoms with E-state index in [-0.39, 0.29) is 23.9 Å². The predicted molar refractivity (Wildman–Crippen MR) is 127 cm³/mol. The van der Waals surface area contributed by atoms with Gasteiger partial charge >= 0.3 is 6.03 Å². The number of carbonyl (C=O) groups excluding carboxylic acids is 2. The molecule has 4 bridgehead atoms. The molecule has 0 atom stereocenters. The minimum atomic E-state index is -0.115. The molecule has 6 rings (SSSR count). The van der Waals surface area contributed by atoms with Gasteiger partial charge < -0.3 is 25.8 Å². The number of nitrogens with one attached hydrogen (secondary N) is 3. The largest absolute Gasteiger partial charge is 0.369 e. The van der Waals surface area contributed by atoms with Crippen molar-refractivity contribution in [2.24, 2.45) is 17.8 Å². The van der Waals surface area contributed by atoms with Crippen molar-refractivity contribution < 1.29 is 9.59 Å². The molecule has 7 nitrogen and oxygen atoms in total. The van der Waals surface area contributed by atoms with Crippen LogP contribution in [-0.4, -0.2) is 62.1 Å². The summed E-state index contributed by atoms with van der Waals surface area (Å²) in [6, 6.07) is 7.93. The number of hydrogen-bond acceptors (Lipinski definition) is 4. The molecular formula is C25H37N5O2. The minimum absolute atomic E-state index is 0.00656. The average molecular weight is 440 g/mol. The number of likely N-dealkylation sites (N-methyl/N-ethyl adjacent to an activating group) is 1. The van der Waals surface area contributed by atoms with Crippen molar-refractivity contribution in [3.63, 3.8) is 0 Å². The molecule has 3 amide bonds. The van der Waals surface area contributed by atoms with E-state index in [4.69, 9.17) is 0 Å². The van der Waals surface area contributed by atoms with Gasteiger partial charge in [-0.15, -0.1) is 0 Å². The first-order valence-corrected chi connectivity index (χ1v) is 12.4. The molecule has 1 aliphatic heterocycles. The van der Waals surface area contributed by atoms with Gasteiger partial charge in [0.05, 0.1) is 0 Å². The van der Waals surface area contributed by atoms with Crippen LogP contribution in [0, 0.1) is 17.8 Å². The van der Waals surface area contributed by atoms with Crippen LogP contribution in [0.3, 0.4) is 0 Å². The van der Waals surface area contributed by atoms with Gasteiger partial charge in [-0.05, 0) is 87.6 Å². The van der Waals surface area contributed by atoms with Gasteiger partial charge in [0.15, 0.2) is 0 Å². The van der Waals surface area contributed by atoms with Crippen LogP contribution in [0.4, 0.5) is 16.2 Å². The highest BCUT2D eigenvalue weighted by Crippen LogP contribution is 2.55. The molecule has 1 aromatic rings. The number of anilines is 2. The SMILES string of the molecule is CN1CCN(c2ccc(NC(=O)CCNC(=O)NC34CC5CC(CC(C5)C3)C4)cc2)CC1. The number of benzene rings is 1. The first-order chi connectivity index (χ1) is 15.5. The Kier molecular flexibility index (Phi) is 6.01. The van der Waals surface area contributed by atoms with Crippen molar-refractivity contribution >= 4 is 23.3 Å². The first-order valence-electron chi connectivity index (χ1n) is 12.4. The van der Waals surface area contributed by atoms with Crippen LogP contribution in [0.5, 0.6) is 0 Å². The summed E-state index contributed by atoms with van der Waals surface area (Å²) >= 11 is 0. The molecule has 4 saturated carbocycles. The second-order valence-corrected chi connectivity index (χ2v) is 10.7. The summed E-state index contributed by atoms with van der Waals surface area (Å²) in [5.74, 6) is 2.33. The number of carbonyl (C=O) groups is 2. The maximum Gasteiger partial charge on any atom is 0.315 e. The van der Waals surface area contributed by atoms with E-state index in [0.717, 1.165) is 68.9 Å². The third-order valence-corrected chi connectivity index (χ3v) is 8.07. The number of nitrogens with zero attached hydrogens (tertiary/aromatic N) is 2. The van der Waals surface area contributed by atoms with Gasteiger partial charge in [-0.1, -0.05) is 0 Å². The quantitative estimate of drug-likeness (QED) is 0.637. The lowest BCUT2D eigenvalue weighted by Gasteiger charge is -2.56. The predicted octanol–water partition coefficient (Wildman–Crippen LogP) is 3.04. The Bertz CT molecular complexity index is 796. The zero-order chi connectivity index (χ0) is 22.1. The highest BCUT2D eigenvalue weighted by molar-refractivity contribution is 5.91. The summed E-state index contributed by atoms with van der Waals surface area (Å²) in [6.07, 6.45) is 7.76. The van der Waals surface area contributed by atoms with E-state index in [1.165, 1.54) is 24.9 Å². The Balaban J connectivity index is 1.03. The summed E-state index contributed by atoms with van der Waals surface area (Å²) < 4.78 is 0. The van der Waals surface area contributed by atoms with E-state index < -0.39 is 0 Å². The summed E-state index contributed by atoms with van der Waals surface area (Å²) in [5, 5.41) is 9.15. The molecule has 1 saturated heterocycles. The van der Waals surface area contributed by atoms with Crippen molar-refractivity contribution in [1.29, 1.82) is 0 Å². The molecule has 174 valence electrons. The Labute approximate surface area is 191 Å². The molecule has 5 aliphatic rings. The maximum atomic E-state index is 12.5. The Morgan fingerprint density at radius 1 is 0.938 bits per heavy atom. The minimum Gasteiger partial charge on any atom is -0.369 e. The topological polar surface area (TPSA) is 76.7 Å². The highest BCUT2D eigenvalue weighted by atomic mass is 16.2. The number of hydrogen-bond donors (Lipinski definition) is 3. The van der Waals surface area contributed by atoms with Gasteiger partial charge in [0.1, 0.15) is 0 Å². The van der Waals surface area contributed by atoms with Crippen molar-refractivity contribution in [2.45, 2.75) is 50.5 Å². The molecule has 0 aromatic heterocycles. The van der Waals surface area contributed by atoms with Crippen molar-refractivity contribution in [1.82, 2.24) is 15.5 Å². The van der Waals surface area contributed by atoms with Crippen LogP contribution < -0.4 is 20.9 Å². The lowest BCUT2D eigenvalue weighted by atomic mass is 9.53. The molecule has 1 aromatic carbocycles. The van der Waals surface area contributed by atoms with Gasteiger partial charge in [0.25, 0.3) is 0 Å². The molecule has 1 heterocycles. The monoisotopic (exact) mass is 439 g/mol. The van der Waals surface area contributed by atoms with E-state index in [1.807, 2.05) is 12.1 Å². The number of piperazine rings is 1. The van der Waals surface area contributed by atoms with Crippen LogP contribution in [0.25, 0.3) is 0 Å². The van der Waals surface area contributed by atoms with Gasteiger partial charge in [0.2, 0.25) is 5.91 Å². The van der Waals surface area contributed by atoms with Gasteiger partial charge in [0, 0.05) is 56.1 Å². The van der Waals surface area contributed by atoms with Crippen LogP contribution in [0.15, 0.2) is 24.3 Å². The van der Waals surface area contributed by atoms with E-state index in [2.05, 4.69) is 44.9 Å². The maximum absolute atomic E-state index is 12.5. The summed E-state index contributed by atoms with van der Waals surface area (Å²) in [4.78, 5) is 29.6. The van der Waals surface area contributed by atoms with E-state index in [1.54, 1.807) is 0 Å². The fraction of sp³-hybridized carbons (Fsp3) is 0.680. The fourth-order valence-corrected chi connectivity index (χ4v) is 6.88. The number of rotatable bonds is 6. The molecule has 7 heteroatoms. The van der Waals surface area contributed by atoms with Crippen molar-refractivity contribution in [3.8, 4) is 0 Å². The fourth-order valence-electron chi connectivity index (χ4n) is 6.88. The smallest absolute Gasteiger partial charge is 0.315 e. The standard InChI is InChI=1S/C25H37N5O2/c1-29-8-10-30(11-9-29)22-4-2-21(3-5-22)27-23(31)6-7-26-24(32)28-25-15-18-12-19(16-25)14-20(13-18)17-25/h2-5,18-20H,6-17H2,1H3,(H,27,31)(H2,26,28,32).